The van der Waals surface area contributed by atoms with Crippen molar-refractivity contribution in [3.63, 3.8) is 0 Å². The van der Waals surface area contributed by atoms with Crippen molar-refractivity contribution in [2.24, 2.45) is 4.99 Å². The summed E-state index contributed by atoms with van der Waals surface area (Å²) in [6, 6.07) is 0. The SMILES string of the molecule is Cl.OC12C=CSC=CC1=CN=C2. The number of nitrogens with zero attached hydrogens (tertiary/aromatic N) is 1. The standard InChI is InChI=1S/C8H7NOS.ClH/c10-8-2-4-11-3-1-7(8)5-9-6-8;/h1-6,10H;1H. The molecule has 0 bridgehead atoms. The summed E-state index contributed by atoms with van der Waals surface area (Å²) < 4.78 is 0. The lowest BCUT2D eigenvalue weighted by Gasteiger charge is -2.14. The van der Waals surface area contributed by atoms with Gasteiger partial charge in [-0.2, -0.15) is 0 Å². The van der Waals surface area contributed by atoms with E-state index in [1.807, 2.05) is 16.9 Å². The predicted molar refractivity (Wildman–Crippen MR) is 54.6 cm³/mol. The fourth-order valence-electron chi connectivity index (χ4n) is 1.03. The highest BCUT2D eigenvalue weighted by molar-refractivity contribution is 8.04. The first-order valence-corrected chi connectivity index (χ1v) is 4.23. The molecule has 12 heavy (non-hydrogen) atoms. The first-order valence-electron chi connectivity index (χ1n) is 3.28. The Morgan fingerprint density at radius 1 is 1.42 bits per heavy atom. The molecule has 2 aliphatic heterocycles. The van der Waals surface area contributed by atoms with Crippen molar-refractivity contribution in [1.82, 2.24) is 0 Å². The summed E-state index contributed by atoms with van der Waals surface area (Å²) in [6.07, 6.45) is 6.82. The Balaban J connectivity index is 0.000000720. The molecule has 2 aliphatic rings. The van der Waals surface area contributed by atoms with Crippen molar-refractivity contribution in [3.05, 3.63) is 34.7 Å². The number of aliphatic hydroxyl groups is 1. The maximum atomic E-state index is 9.82. The Morgan fingerprint density at radius 2 is 2.25 bits per heavy atom. The second kappa shape index (κ2) is 3.47. The van der Waals surface area contributed by atoms with Crippen LogP contribution < -0.4 is 0 Å². The van der Waals surface area contributed by atoms with Gasteiger partial charge in [0, 0.05) is 18.0 Å². The molecule has 2 heterocycles. The molecule has 0 amide bonds. The third-order valence-corrected chi connectivity index (χ3v) is 2.26. The largest absolute Gasteiger partial charge is 0.376 e. The molecule has 0 saturated heterocycles. The predicted octanol–water partition coefficient (Wildman–Crippen LogP) is 1.88. The molecule has 0 saturated carbocycles. The molecule has 2 nitrogen and oxygen atoms in total. The molecule has 0 fully saturated rings. The number of halogens is 1. The van der Waals surface area contributed by atoms with E-state index in [0.29, 0.717) is 0 Å². The number of thioether (sulfide) groups is 1. The van der Waals surface area contributed by atoms with Crippen LogP contribution in [0.2, 0.25) is 0 Å². The zero-order valence-electron chi connectivity index (χ0n) is 6.18. The van der Waals surface area contributed by atoms with E-state index >= 15 is 0 Å². The molecule has 0 aliphatic carbocycles. The molecule has 1 N–H and O–H groups in total. The highest BCUT2D eigenvalue weighted by atomic mass is 35.5. The van der Waals surface area contributed by atoms with Gasteiger partial charge >= 0.3 is 0 Å². The van der Waals surface area contributed by atoms with Gasteiger partial charge < -0.3 is 5.11 Å². The average molecular weight is 202 g/mol. The van der Waals surface area contributed by atoms with Gasteiger partial charge in [0.05, 0.1) is 0 Å². The van der Waals surface area contributed by atoms with Crippen LogP contribution in [0.25, 0.3) is 0 Å². The van der Waals surface area contributed by atoms with E-state index < -0.39 is 5.60 Å². The van der Waals surface area contributed by atoms with Gasteiger partial charge in [-0.15, -0.1) is 24.2 Å². The lowest BCUT2D eigenvalue weighted by molar-refractivity contribution is 0.213. The molecule has 1 atom stereocenters. The molecule has 0 radical (unpaired) electrons. The zero-order chi connectivity index (χ0) is 7.73. The Hall–Kier alpha value is -0.510. The van der Waals surface area contributed by atoms with Gasteiger partial charge in [-0.25, -0.2) is 0 Å². The van der Waals surface area contributed by atoms with E-state index in [9.17, 15) is 5.11 Å². The molecule has 0 aromatic carbocycles. The highest BCUT2D eigenvalue weighted by Crippen LogP contribution is 2.27. The Kier molecular flexibility index (Phi) is 2.77. The second-order valence-corrected chi connectivity index (χ2v) is 3.25. The van der Waals surface area contributed by atoms with Crippen LogP contribution in [0.1, 0.15) is 0 Å². The summed E-state index contributed by atoms with van der Waals surface area (Å²) in [7, 11) is 0. The fraction of sp³-hybridized carbons (Fsp3) is 0.125. The van der Waals surface area contributed by atoms with E-state index in [1.165, 1.54) is 6.21 Å². The van der Waals surface area contributed by atoms with Crippen LogP contribution in [-0.4, -0.2) is 16.9 Å². The van der Waals surface area contributed by atoms with Crippen LogP contribution >= 0.6 is 24.2 Å². The fourth-order valence-corrected chi connectivity index (χ4v) is 1.63. The quantitative estimate of drug-likeness (QED) is 0.649. The monoisotopic (exact) mass is 201 g/mol. The number of aliphatic imine (C=N–C) groups is 1. The van der Waals surface area contributed by atoms with Crippen LogP contribution in [-0.2, 0) is 0 Å². The summed E-state index contributed by atoms with van der Waals surface area (Å²) in [4.78, 5) is 3.89. The van der Waals surface area contributed by atoms with Crippen molar-refractivity contribution in [1.29, 1.82) is 0 Å². The maximum absolute atomic E-state index is 9.82. The van der Waals surface area contributed by atoms with Crippen LogP contribution in [0.5, 0.6) is 0 Å². The molecule has 64 valence electrons. The summed E-state index contributed by atoms with van der Waals surface area (Å²) in [5, 5.41) is 13.6. The van der Waals surface area contributed by atoms with Gasteiger partial charge in [-0.3, -0.25) is 4.99 Å². The van der Waals surface area contributed by atoms with E-state index in [-0.39, 0.29) is 12.4 Å². The molecule has 4 heteroatoms. The van der Waals surface area contributed by atoms with E-state index in [2.05, 4.69) is 4.99 Å². The molecule has 0 aromatic rings. The van der Waals surface area contributed by atoms with Crippen LogP contribution in [0, 0.1) is 0 Å². The Labute approximate surface area is 81.2 Å². The van der Waals surface area contributed by atoms with Crippen molar-refractivity contribution >= 4 is 30.4 Å². The van der Waals surface area contributed by atoms with E-state index in [4.69, 9.17) is 0 Å². The lowest BCUT2D eigenvalue weighted by atomic mass is 9.98. The van der Waals surface area contributed by atoms with Crippen molar-refractivity contribution in [3.8, 4) is 0 Å². The smallest absolute Gasteiger partial charge is 0.145 e. The van der Waals surface area contributed by atoms with E-state index in [0.717, 1.165) is 5.57 Å². The summed E-state index contributed by atoms with van der Waals surface area (Å²) in [5.74, 6) is 0. The Bertz CT molecular complexity index is 295. The van der Waals surface area contributed by atoms with Gasteiger partial charge in [0.25, 0.3) is 0 Å². The number of hydrogen-bond donors (Lipinski definition) is 1. The molecule has 0 aromatic heterocycles. The van der Waals surface area contributed by atoms with Crippen molar-refractivity contribution < 1.29 is 5.11 Å². The summed E-state index contributed by atoms with van der Waals surface area (Å²) >= 11 is 1.55. The minimum atomic E-state index is -0.944. The van der Waals surface area contributed by atoms with Gasteiger partial charge in [0.15, 0.2) is 0 Å². The molecule has 2 rings (SSSR count). The lowest BCUT2D eigenvalue weighted by Crippen LogP contribution is -2.26. The van der Waals surface area contributed by atoms with E-state index in [1.54, 1.807) is 24.0 Å². The average Bonchev–Trinajstić information content (AvgIpc) is 2.24. The second-order valence-electron chi connectivity index (χ2n) is 2.43. The number of rotatable bonds is 0. The summed E-state index contributed by atoms with van der Waals surface area (Å²) in [5.41, 5.74) is -0.112. The maximum Gasteiger partial charge on any atom is 0.145 e. The molecule has 1 unspecified atom stereocenters. The molecular formula is C8H8ClNOS. The third kappa shape index (κ3) is 1.48. The zero-order valence-corrected chi connectivity index (χ0v) is 7.81. The molecule has 0 spiro atoms. The number of hydrogen-bond acceptors (Lipinski definition) is 3. The van der Waals surface area contributed by atoms with Gasteiger partial charge in [-0.1, -0.05) is 0 Å². The van der Waals surface area contributed by atoms with Crippen LogP contribution in [0.15, 0.2) is 39.7 Å². The Morgan fingerprint density at radius 3 is 3.08 bits per heavy atom. The van der Waals surface area contributed by atoms with Gasteiger partial charge in [0.1, 0.15) is 5.60 Å². The first-order chi connectivity index (χ1) is 5.31. The minimum Gasteiger partial charge on any atom is -0.376 e. The van der Waals surface area contributed by atoms with Crippen LogP contribution in [0.4, 0.5) is 0 Å². The third-order valence-electron chi connectivity index (χ3n) is 1.67. The van der Waals surface area contributed by atoms with Crippen LogP contribution in [0.3, 0.4) is 0 Å². The minimum absolute atomic E-state index is 0. The molecular weight excluding hydrogens is 194 g/mol. The number of fused-ring (bicyclic) bond motifs is 1. The summed E-state index contributed by atoms with van der Waals surface area (Å²) in [6.45, 7) is 0. The van der Waals surface area contributed by atoms with Gasteiger partial charge in [0.2, 0.25) is 0 Å². The van der Waals surface area contributed by atoms with Crippen molar-refractivity contribution in [2.75, 3.05) is 0 Å². The normalized spacial score (nSPS) is 30.6. The first kappa shape index (κ1) is 9.58. The highest BCUT2D eigenvalue weighted by Gasteiger charge is 2.28. The van der Waals surface area contributed by atoms with Crippen molar-refractivity contribution in [2.45, 2.75) is 5.60 Å². The topological polar surface area (TPSA) is 32.6 Å². The van der Waals surface area contributed by atoms with Gasteiger partial charge in [-0.05, 0) is 23.0 Å².